The van der Waals surface area contributed by atoms with E-state index in [1.807, 2.05) is 0 Å². The molecule has 140 valence electrons. The Hall–Kier alpha value is -2.64. The van der Waals surface area contributed by atoms with Gasteiger partial charge in [0.05, 0.1) is 26.1 Å². The average Bonchev–Trinajstić information content (AvgIpc) is 2.61. The first-order chi connectivity index (χ1) is 11.9. The fourth-order valence-electron chi connectivity index (χ4n) is 2.40. The second kappa shape index (κ2) is 9.74. The summed E-state index contributed by atoms with van der Waals surface area (Å²) < 4.78 is 17.7. The number of halogens is 2. The maximum Gasteiger partial charge on any atom is 0.307 e. The molecule has 0 saturated heterocycles. The van der Waals surface area contributed by atoms with Gasteiger partial charge < -0.3 is 20.9 Å². The minimum absolute atomic E-state index is 0. The molecule has 8 heteroatoms. The summed E-state index contributed by atoms with van der Waals surface area (Å²) in [4.78, 5) is 23.1. The Balaban J connectivity index is 0.00000338. The lowest BCUT2D eigenvalue weighted by Gasteiger charge is -2.18. The molecule has 0 aliphatic rings. The molecule has 0 spiro atoms. The lowest BCUT2D eigenvalue weighted by Crippen LogP contribution is -2.35. The zero-order chi connectivity index (χ0) is 18.4. The highest BCUT2D eigenvalue weighted by molar-refractivity contribution is 5.85. The third-order valence-electron chi connectivity index (χ3n) is 3.70. The lowest BCUT2D eigenvalue weighted by molar-refractivity contribution is -0.141. The molecule has 4 N–H and O–H groups in total. The molecule has 1 atom stereocenters. The van der Waals surface area contributed by atoms with Gasteiger partial charge in [-0.05, 0) is 23.3 Å². The molecule has 2 aromatic rings. The summed E-state index contributed by atoms with van der Waals surface area (Å²) in [7, 11) is 1.27. The van der Waals surface area contributed by atoms with Crippen molar-refractivity contribution in [3.8, 4) is 16.9 Å². The van der Waals surface area contributed by atoms with Crippen LogP contribution in [0.1, 0.15) is 18.0 Å². The van der Waals surface area contributed by atoms with Crippen molar-refractivity contribution in [2.24, 2.45) is 5.73 Å². The number of carbonyl (C=O) groups is 2. The summed E-state index contributed by atoms with van der Waals surface area (Å²) in [5.41, 5.74) is 7.13. The Morgan fingerprint density at radius 3 is 2.42 bits per heavy atom. The van der Waals surface area contributed by atoms with Crippen molar-refractivity contribution in [3.05, 3.63) is 53.8 Å². The van der Waals surface area contributed by atoms with Gasteiger partial charge in [0.1, 0.15) is 11.6 Å². The van der Waals surface area contributed by atoms with Gasteiger partial charge in [-0.2, -0.15) is 0 Å². The number of benzene rings is 2. The van der Waals surface area contributed by atoms with Crippen molar-refractivity contribution in [1.29, 1.82) is 0 Å². The Morgan fingerprint density at radius 1 is 1.23 bits per heavy atom. The maximum absolute atomic E-state index is 13.1. The molecule has 0 fully saturated rings. The zero-order valence-electron chi connectivity index (χ0n) is 14.1. The number of rotatable bonds is 6. The zero-order valence-corrected chi connectivity index (χ0v) is 14.9. The second-order valence-corrected chi connectivity index (χ2v) is 5.39. The number of hydrogen-bond donors (Lipinski definition) is 3. The predicted octanol–water partition coefficient (Wildman–Crippen LogP) is 2.30. The molecule has 0 saturated carbocycles. The third kappa shape index (κ3) is 5.44. The molecule has 1 unspecified atom stereocenters. The molecule has 26 heavy (non-hydrogen) atoms. The van der Waals surface area contributed by atoms with E-state index < -0.39 is 23.7 Å². The van der Waals surface area contributed by atoms with Crippen LogP contribution in [-0.2, 0) is 14.3 Å². The highest BCUT2D eigenvalue weighted by Gasteiger charge is 2.18. The number of carbonyl (C=O) groups excluding carboxylic acids is 2. The number of ether oxygens (including phenoxy) is 1. The largest absolute Gasteiger partial charge is 0.507 e. The Bertz CT molecular complexity index is 750. The van der Waals surface area contributed by atoms with Crippen LogP contribution in [0.3, 0.4) is 0 Å². The molecule has 0 aromatic heterocycles. The molecule has 2 rings (SSSR count). The van der Waals surface area contributed by atoms with E-state index in [1.165, 1.54) is 19.2 Å². The van der Waals surface area contributed by atoms with E-state index in [2.05, 4.69) is 10.1 Å². The fourth-order valence-corrected chi connectivity index (χ4v) is 2.40. The summed E-state index contributed by atoms with van der Waals surface area (Å²) in [5, 5.41) is 12.5. The number of phenols is 1. The van der Waals surface area contributed by atoms with Crippen LogP contribution >= 0.6 is 12.4 Å². The van der Waals surface area contributed by atoms with Crippen molar-refractivity contribution in [1.82, 2.24) is 5.32 Å². The monoisotopic (exact) mass is 382 g/mol. The summed E-state index contributed by atoms with van der Waals surface area (Å²) in [6.45, 7) is -0.195. The molecule has 0 bridgehead atoms. The molecular weight excluding hydrogens is 363 g/mol. The van der Waals surface area contributed by atoms with Crippen molar-refractivity contribution >= 4 is 24.3 Å². The predicted molar refractivity (Wildman–Crippen MR) is 97.3 cm³/mol. The standard InChI is InChI=1S/C18H19FN2O4.ClH/c1-25-18(24)9-15(21-17(23)10-20)12-4-2-11(3-5-12)14-7-6-13(19)8-16(14)22;/h2-8,15,22H,9-10,20H2,1H3,(H,21,23);1H. The molecule has 6 nitrogen and oxygen atoms in total. The number of nitrogens with two attached hydrogens (primary N) is 1. The van der Waals surface area contributed by atoms with Crippen molar-refractivity contribution in [2.75, 3.05) is 13.7 Å². The maximum atomic E-state index is 13.1. The van der Waals surface area contributed by atoms with E-state index in [9.17, 15) is 19.1 Å². The number of esters is 1. The minimum Gasteiger partial charge on any atom is -0.507 e. The van der Waals surface area contributed by atoms with Gasteiger partial charge in [-0.15, -0.1) is 12.4 Å². The number of aromatic hydroxyl groups is 1. The van der Waals surface area contributed by atoms with Gasteiger partial charge in [-0.25, -0.2) is 4.39 Å². The second-order valence-electron chi connectivity index (χ2n) is 5.39. The number of phenolic OH excluding ortho intramolecular Hbond substituents is 1. The molecule has 0 heterocycles. The van der Waals surface area contributed by atoms with E-state index in [0.717, 1.165) is 6.07 Å². The molecule has 1 amide bonds. The van der Waals surface area contributed by atoms with Crippen LogP contribution in [0.4, 0.5) is 4.39 Å². The first-order valence-electron chi connectivity index (χ1n) is 7.59. The normalized spacial score (nSPS) is 11.2. The molecule has 0 aliphatic carbocycles. The first-order valence-corrected chi connectivity index (χ1v) is 7.59. The fraction of sp³-hybridized carbons (Fsp3) is 0.222. The van der Waals surface area contributed by atoms with Crippen LogP contribution in [0.2, 0.25) is 0 Å². The van der Waals surface area contributed by atoms with E-state index in [-0.39, 0.29) is 31.1 Å². The van der Waals surface area contributed by atoms with E-state index in [0.29, 0.717) is 16.7 Å². The SMILES string of the molecule is COC(=O)CC(NC(=O)CN)c1ccc(-c2ccc(F)cc2O)cc1.Cl. The van der Waals surface area contributed by atoms with Crippen LogP contribution in [0.25, 0.3) is 11.1 Å². The minimum atomic E-state index is -0.584. The number of methoxy groups -OCH3 is 1. The quantitative estimate of drug-likeness (QED) is 0.665. The van der Waals surface area contributed by atoms with Gasteiger partial charge in [0, 0.05) is 11.6 Å². The number of hydrogen-bond acceptors (Lipinski definition) is 5. The van der Waals surface area contributed by atoms with E-state index in [4.69, 9.17) is 5.73 Å². The molecule has 0 radical (unpaired) electrons. The highest BCUT2D eigenvalue weighted by Crippen LogP contribution is 2.30. The molecular formula is C18H20ClFN2O4. The van der Waals surface area contributed by atoms with Crippen LogP contribution in [0, 0.1) is 5.82 Å². The van der Waals surface area contributed by atoms with E-state index in [1.54, 1.807) is 24.3 Å². The number of nitrogens with one attached hydrogen (secondary N) is 1. The highest BCUT2D eigenvalue weighted by atomic mass is 35.5. The molecule has 2 aromatic carbocycles. The van der Waals surface area contributed by atoms with Crippen LogP contribution in [0.15, 0.2) is 42.5 Å². The molecule has 0 aliphatic heterocycles. The third-order valence-corrected chi connectivity index (χ3v) is 3.70. The van der Waals surface area contributed by atoms with Gasteiger partial charge in [0.15, 0.2) is 0 Å². The van der Waals surface area contributed by atoms with Crippen LogP contribution in [0.5, 0.6) is 5.75 Å². The Labute approximate surface area is 156 Å². The van der Waals surface area contributed by atoms with Crippen molar-refractivity contribution in [3.63, 3.8) is 0 Å². The van der Waals surface area contributed by atoms with Gasteiger partial charge in [-0.1, -0.05) is 24.3 Å². The first kappa shape index (κ1) is 21.4. The lowest BCUT2D eigenvalue weighted by atomic mass is 9.98. The van der Waals surface area contributed by atoms with Crippen molar-refractivity contribution in [2.45, 2.75) is 12.5 Å². The number of amides is 1. The topological polar surface area (TPSA) is 102 Å². The average molecular weight is 383 g/mol. The Kier molecular flexibility index (Phi) is 8.02. The van der Waals surface area contributed by atoms with Crippen molar-refractivity contribution < 1.29 is 23.8 Å². The van der Waals surface area contributed by atoms with Gasteiger partial charge in [-0.3, -0.25) is 9.59 Å². The van der Waals surface area contributed by atoms with Gasteiger partial charge in [0.2, 0.25) is 5.91 Å². The summed E-state index contributed by atoms with van der Waals surface area (Å²) in [5.74, 6) is -1.56. The van der Waals surface area contributed by atoms with Crippen LogP contribution in [-0.4, -0.2) is 30.6 Å². The summed E-state index contributed by atoms with van der Waals surface area (Å²) in [6.07, 6.45) is -0.0383. The van der Waals surface area contributed by atoms with Gasteiger partial charge >= 0.3 is 5.97 Å². The van der Waals surface area contributed by atoms with Gasteiger partial charge in [0.25, 0.3) is 0 Å². The smallest absolute Gasteiger partial charge is 0.307 e. The summed E-state index contributed by atoms with van der Waals surface area (Å²) >= 11 is 0. The van der Waals surface area contributed by atoms with Crippen LogP contribution < -0.4 is 11.1 Å². The van der Waals surface area contributed by atoms with E-state index >= 15 is 0 Å². The summed E-state index contributed by atoms with van der Waals surface area (Å²) in [6, 6.07) is 10.0. The Morgan fingerprint density at radius 2 is 1.88 bits per heavy atom.